The lowest BCUT2D eigenvalue weighted by Crippen LogP contribution is -2.45. The molecule has 0 amide bonds. The van der Waals surface area contributed by atoms with E-state index in [1.165, 1.54) is 7.11 Å². The monoisotopic (exact) mass is 263 g/mol. The Bertz CT molecular complexity index is 411. The number of nitrogens with zero attached hydrogens (tertiary/aromatic N) is 3. The van der Waals surface area contributed by atoms with Gasteiger partial charge in [0.15, 0.2) is 0 Å². The Morgan fingerprint density at radius 3 is 2.47 bits per heavy atom. The molecule has 1 aliphatic heterocycles. The molecule has 0 saturated carbocycles. The van der Waals surface area contributed by atoms with Crippen LogP contribution in [0.3, 0.4) is 0 Å². The molecule has 0 bridgehead atoms. The van der Waals surface area contributed by atoms with E-state index in [0.717, 1.165) is 45.0 Å². The summed E-state index contributed by atoms with van der Waals surface area (Å²) in [5.74, 6) is -0.337. The number of hydrogen-bond donors (Lipinski definition) is 0. The summed E-state index contributed by atoms with van der Waals surface area (Å²) >= 11 is 0. The summed E-state index contributed by atoms with van der Waals surface area (Å²) in [6.45, 7) is 8.57. The summed E-state index contributed by atoms with van der Waals surface area (Å²) in [7, 11) is 1.38. The molecule has 1 aromatic heterocycles. The number of pyridine rings is 1. The van der Waals surface area contributed by atoms with Gasteiger partial charge < -0.3 is 9.64 Å². The van der Waals surface area contributed by atoms with Crippen LogP contribution in [0.5, 0.6) is 0 Å². The lowest BCUT2D eigenvalue weighted by atomic mass is 10.2. The summed E-state index contributed by atoms with van der Waals surface area (Å²) in [5, 5.41) is 0. The van der Waals surface area contributed by atoms with E-state index < -0.39 is 0 Å². The van der Waals surface area contributed by atoms with Crippen LogP contribution in [-0.2, 0) is 11.3 Å². The van der Waals surface area contributed by atoms with E-state index in [9.17, 15) is 4.79 Å². The second-order valence-corrected chi connectivity index (χ2v) is 4.74. The van der Waals surface area contributed by atoms with Crippen molar-refractivity contribution < 1.29 is 9.53 Å². The number of aromatic nitrogens is 1. The lowest BCUT2D eigenvalue weighted by Gasteiger charge is -2.33. The maximum atomic E-state index is 11.3. The molecule has 0 unspecified atom stereocenters. The van der Waals surface area contributed by atoms with Gasteiger partial charge in [-0.3, -0.25) is 9.88 Å². The molecule has 1 aliphatic rings. The van der Waals surface area contributed by atoms with E-state index in [2.05, 4.69) is 26.4 Å². The number of piperazine rings is 1. The predicted octanol–water partition coefficient (Wildman–Crippen LogP) is 1.01. The van der Waals surface area contributed by atoms with Gasteiger partial charge in [-0.05, 0) is 18.7 Å². The number of esters is 1. The second-order valence-electron chi connectivity index (χ2n) is 4.74. The zero-order valence-electron chi connectivity index (χ0n) is 11.6. The van der Waals surface area contributed by atoms with Gasteiger partial charge >= 0.3 is 5.97 Å². The van der Waals surface area contributed by atoms with Gasteiger partial charge in [0.05, 0.1) is 18.4 Å². The van der Waals surface area contributed by atoms with Crippen LogP contribution in [0, 0.1) is 0 Å². The molecule has 5 heteroatoms. The molecule has 0 atom stereocenters. The first kappa shape index (κ1) is 14.0. The van der Waals surface area contributed by atoms with Gasteiger partial charge in [0.25, 0.3) is 0 Å². The fraction of sp³-hybridized carbons (Fsp3) is 0.571. The van der Waals surface area contributed by atoms with Crippen molar-refractivity contribution in [2.45, 2.75) is 13.5 Å². The van der Waals surface area contributed by atoms with Crippen molar-refractivity contribution in [3.63, 3.8) is 0 Å². The van der Waals surface area contributed by atoms with Gasteiger partial charge in [0, 0.05) is 38.9 Å². The highest BCUT2D eigenvalue weighted by Crippen LogP contribution is 2.08. The van der Waals surface area contributed by atoms with Crippen LogP contribution in [0.1, 0.15) is 23.0 Å². The number of carbonyl (C=O) groups excluding carboxylic acids is 1. The molecule has 0 N–H and O–H groups in total. The summed E-state index contributed by atoms with van der Waals surface area (Å²) in [6.07, 6.45) is 1.59. The molecular weight excluding hydrogens is 242 g/mol. The van der Waals surface area contributed by atoms with Crippen LogP contribution in [0.25, 0.3) is 0 Å². The van der Waals surface area contributed by atoms with Crippen LogP contribution in [0.2, 0.25) is 0 Å². The maximum Gasteiger partial charge on any atom is 0.339 e. The second kappa shape index (κ2) is 6.63. The first-order valence-electron chi connectivity index (χ1n) is 6.71. The Kier molecular flexibility index (Phi) is 4.87. The van der Waals surface area contributed by atoms with Gasteiger partial charge in [-0.2, -0.15) is 0 Å². The van der Waals surface area contributed by atoms with Crippen molar-refractivity contribution in [3.8, 4) is 0 Å². The minimum Gasteiger partial charge on any atom is -0.465 e. The molecule has 0 radical (unpaired) electrons. The normalized spacial score (nSPS) is 17.4. The minimum atomic E-state index is -0.337. The molecule has 104 valence electrons. The maximum absolute atomic E-state index is 11.3. The quantitative estimate of drug-likeness (QED) is 0.759. The highest BCUT2D eigenvalue weighted by atomic mass is 16.5. The molecule has 1 fully saturated rings. The molecule has 5 nitrogen and oxygen atoms in total. The van der Waals surface area contributed by atoms with E-state index in [-0.39, 0.29) is 5.97 Å². The Morgan fingerprint density at radius 1 is 1.26 bits per heavy atom. The van der Waals surface area contributed by atoms with E-state index in [0.29, 0.717) is 5.56 Å². The van der Waals surface area contributed by atoms with E-state index in [4.69, 9.17) is 0 Å². The third-order valence-corrected chi connectivity index (χ3v) is 3.54. The molecule has 0 spiro atoms. The molecule has 2 rings (SSSR count). The van der Waals surface area contributed by atoms with Crippen molar-refractivity contribution >= 4 is 5.97 Å². The first-order valence-corrected chi connectivity index (χ1v) is 6.71. The lowest BCUT2D eigenvalue weighted by molar-refractivity contribution is 0.0600. The van der Waals surface area contributed by atoms with Crippen LogP contribution in [-0.4, -0.2) is 60.6 Å². The highest BCUT2D eigenvalue weighted by molar-refractivity contribution is 5.88. The fourth-order valence-corrected chi connectivity index (χ4v) is 2.25. The van der Waals surface area contributed by atoms with Crippen LogP contribution >= 0.6 is 0 Å². The summed E-state index contributed by atoms with van der Waals surface area (Å²) < 4.78 is 4.66. The number of hydrogen-bond acceptors (Lipinski definition) is 5. The van der Waals surface area contributed by atoms with Crippen molar-refractivity contribution in [2.24, 2.45) is 0 Å². The molecule has 2 heterocycles. The molecule has 1 saturated heterocycles. The number of ether oxygens (including phenoxy) is 1. The van der Waals surface area contributed by atoms with Gasteiger partial charge in [0.1, 0.15) is 0 Å². The average Bonchev–Trinajstić information content (AvgIpc) is 2.48. The molecule has 0 aliphatic carbocycles. The first-order chi connectivity index (χ1) is 9.22. The Morgan fingerprint density at radius 2 is 1.95 bits per heavy atom. The van der Waals surface area contributed by atoms with E-state index >= 15 is 0 Å². The molecule has 19 heavy (non-hydrogen) atoms. The zero-order valence-corrected chi connectivity index (χ0v) is 11.6. The third kappa shape index (κ3) is 3.75. The third-order valence-electron chi connectivity index (χ3n) is 3.54. The zero-order chi connectivity index (χ0) is 13.7. The highest BCUT2D eigenvalue weighted by Gasteiger charge is 2.16. The summed E-state index contributed by atoms with van der Waals surface area (Å²) in [5.41, 5.74) is 1.50. The number of rotatable bonds is 4. The molecule has 1 aromatic rings. The number of carbonyl (C=O) groups is 1. The van der Waals surface area contributed by atoms with Crippen molar-refractivity contribution in [1.82, 2.24) is 14.8 Å². The number of methoxy groups -OCH3 is 1. The van der Waals surface area contributed by atoms with E-state index in [1.54, 1.807) is 12.3 Å². The summed E-state index contributed by atoms with van der Waals surface area (Å²) in [4.78, 5) is 20.5. The van der Waals surface area contributed by atoms with Crippen LogP contribution in [0.4, 0.5) is 0 Å². The van der Waals surface area contributed by atoms with Crippen molar-refractivity contribution in [1.29, 1.82) is 0 Å². The SMILES string of the molecule is CCN1CCN(Cc2ccc(C(=O)OC)cn2)CC1. The van der Waals surface area contributed by atoms with Crippen molar-refractivity contribution in [2.75, 3.05) is 39.8 Å². The largest absolute Gasteiger partial charge is 0.465 e. The molecular formula is C14H21N3O2. The van der Waals surface area contributed by atoms with Crippen LogP contribution in [0.15, 0.2) is 18.3 Å². The van der Waals surface area contributed by atoms with E-state index in [1.807, 2.05) is 6.07 Å². The topological polar surface area (TPSA) is 45.7 Å². The van der Waals surface area contributed by atoms with Crippen LogP contribution < -0.4 is 0 Å². The number of likely N-dealkylation sites (N-methyl/N-ethyl adjacent to an activating group) is 1. The van der Waals surface area contributed by atoms with Gasteiger partial charge in [-0.15, -0.1) is 0 Å². The average molecular weight is 263 g/mol. The van der Waals surface area contributed by atoms with Gasteiger partial charge in [-0.1, -0.05) is 6.92 Å². The minimum absolute atomic E-state index is 0.337. The Balaban J connectivity index is 1.88. The smallest absolute Gasteiger partial charge is 0.339 e. The summed E-state index contributed by atoms with van der Waals surface area (Å²) in [6, 6.07) is 3.68. The Labute approximate surface area is 114 Å². The van der Waals surface area contributed by atoms with Gasteiger partial charge in [-0.25, -0.2) is 4.79 Å². The molecule has 0 aromatic carbocycles. The predicted molar refractivity (Wildman–Crippen MR) is 73.0 cm³/mol. The fourth-order valence-electron chi connectivity index (χ4n) is 2.25. The van der Waals surface area contributed by atoms with Gasteiger partial charge in [0.2, 0.25) is 0 Å². The standard InChI is InChI=1S/C14H21N3O2/c1-3-16-6-8-17(9-7-16)11-13-5-4-12(10-15-13)14(18)19-2/h4-5,10H,3,6-9,11H2,1-2H3. The van der Waals surface area contributed by atoms with Crippen molar-refractivity contribution in [3.05, 3.63) is 29.6 Å². The Hall–Kier alpha value is -1.46.